The number of amides is 1. The molecule has 3 aromatic rings. The molecule has 0 spiro atoms. The Hall–Kier alpha value is -3.45. The predicted molar refractivity (Wildman–Crippen MR) is 125 cm³/mol. The first-order valence-corrected chi connectivity index (χ1v) is 11.6. The van der Waals surface area contributed by atoms with Crippen molar-refractivity contribution in [2.45, 2.75) is 25.3 Å². The van der Waals surface area contributed by atoms with Gasteiger partial charge in [0.15, 0.2) is 5.82 Å². The maximum atomic E-state index is 14.0. The Kier molecular flexibility index (Phi) is 6.68. The van der Waals surface area contributed by atoms with E-state index < -0.39 is 12.2 Å². The molecule has 0 saturated carbocycles. The number of carbonyl (C=O) groups is 1. The Balaban J connectivity index is 1.50. The molecule has 2 saturated heterocycles. The molecule has 0 aliphatic carbocycles. The molecule has 5 rings (SSSR count). The predicted octanol–water partition coefficient (Wildman–Crippen LogP) is 1.35. The lowest BCUT2D eigenvalue weighted by Crippen LogP contribution is -2.45. The van der Waals surface area contributed by atoms with Crippen LogP contribution in [0.2, 0.25) is 0 Å². The number of hydrogen-bond donors (Lipinski definition) is 2. The highest BCUT2D eigenvalue weighted by atomic mass is 19.3. The summed E-state index contributed by atoms with van der Waals surface area (Å²) >= 11 is 0. The van der Waals surface area contributed by atoms with Crippen molar-refractivity contribution in [3.8, 4) is 5.95 Å². The second-order valence-electron chi connectivity index (χ2n) is 8.46. The van der Waals surface area contributed by atoms with Crippen LogP contribution in [-0.4, -0.2) is 87.3 Å². The average molecular weight is 488 g/mol. The van der Waals surface area contributed by atoms with Gasteiger partial charge in [-0.15, -0.1) is 0 Å². The van der Waals surface area contributed by atoms with Gasteiger partial charge in [-0.3, -0.25) is 9.36 Å². The summed E-state index contributed by atoms with van der Waals surface area (Å²) in [5, 5.41) is 3.33. The van der Waals surface area contributed by atoms with Crippen LogP contribution in [0.1, 0.15) is 25.1 Å². The minimum Gasteiger partial charge on any atom is -0.378 e. The monoisotopic (exact) mass is 487 g/mol. The number of ether oxygens (including phenoxy) is 1. The second-order valence-corrected chi connectivity index (χ2v) is 8.46. The van der Waals surface area contributed by atoms with Crippen molar-refractivity contribution in [2.75, 3.05) is 56.2 Å². The second kappa shape index (κ2) is 10.0. The molecule has 35 heavy (non-hydrogen) atoms. The lowest BCUT2D eigenvalue weighted by molar-refractivity contribution is -0.130. The van der Waals surface area contributed by atoms with Crippen molar-refractivity contribution in [3.05, 3.63) is 30.1 Å². The number of benzene rings is 1. The zero-order chi connectivity index (χ0) is 24.4. The molecule has 1 aromatic carbocycles. The van der Waals surface area contributed by atoms with Crippen LogP contribution in [0.15, 0.2) is 24.3 Å². The largest absolute Gasteiger partial charge is 0.378 e. The molecule has 0 radical (unpaired) electrons. The van der Waals surface area contributed by atoms with Crippen molar-refractivity contribution in [1.82, 2.24) is 29.4 Å². The number of aromatic nitrogens is 5. The lowest BCUT2D eigenvalue weighted by Gasteiger charge is -2.32. The molecule has 11 nitrogen and oxygen atoms in total. The molecular weight excluding hydrogens is 460 g/mol. The van der Waals surface area contributed by atoms with Crippen LogP contribution < -0.4 is 16.0 Å². The van der Waals surface area contributed by atoms with E-state index in [2.05, 4.69) is 25.3 Å². The molecule has 0 unspecified atom stereocenters. The van der Waals surface area contributed by atoms with Gasteiger partial charge < -0.3 is 25.6 Å². The zero-order valence-corrected chi connectivity index (χ0v) is 19.1. The number of nitrogens with zero attached hydrogens (tertiary/aromatic N) is 7. The summed E-state index contributed by atoms with van der Waals surface area (Å²) in [6.07, 6.45) is -1.43. The fourth-order valence-corrected chi connectivity index (χ4v) is 4.41. The quantitative estimate of drug-likeness (QED) is 0.530. The number of morpholine rings is 1. The van der Waals surface area contributed by atoms with Crippen molar-refractivity contribution in [1.29, 1.82) is 0 Å². The number of nitrogens with one attached hydrogen (secondary N) is 1. The molecule has 2 fully saturated rings. The third kappa shape index (κ3) is 4.86. The molecule has 0 atom stereocenters. The van der Waals surface area contributed by atoms with Gasteiger partial charge in [-0.25, -0.2) is 13.8 Å². The van der Waals surface area contributed by atoms with E-state index in [4.69, 9.17) is 10.5 Å². The maximum absolute atomic E-state index is 14.0. The number of para-hydroxylation sites is 2. The zero-order valence-electron chi connectivity index (χ0n) is 19.1. The van der Waals surface area contributed by atoms with Gasteiger partial charge in [0.1, 0.15) is 0 Å². The number of nitrogens with two attached hydrogens (primary N) is 1. The smallest absolute Gasteiger partial charge is 0.296 e. The Morgan fingerprint density at radius 2 is 1.77 bits per heavy atom. The fourth-order valence-electron chi connectivity index (χ4n) is 4.41. The van der Waals surface area contributed by atoms with Crippen molar-refractivity contribution < 1.29 is 18.3 Å². The van der Waals surface area contributed by atoms with Crippen LogP contribution >= 0.6 is 0 Å². The molecule has 2 aliphatic rings. The van der Waals surface area contributed by atoms with E-state index in [0.29, 0.717) is 69.2 Å². The summed E-state index contributed by atoms with van der Waals surface area (Å²) in [6, 6.07) is 6.91. The van der Waals surface area contributed by atoms with E-state index in [1.54, 1.807) is 29.2 Å². The summed E-state index contributed by atoms with van der Waals surface area (Å²) in [5.41, 5.74) is 6.40. The van der Waals surface area contributed by atoms with Gasteiger partial charge in [0.05, 0.1) is 30.8 Å². The summed E-state index contributed by atoms with van der Waals surface area (Å²) in [5.74, 6) is 0.244. The van der Waals surface area contributed by atoms with E-state index in [-0.39, 0.29) is 30.4 Å². The highest BCUT2D eigenvalue weighted by molar-refractivity contribution is 5.78. The number of fused-ring (bicyclic) bond motifs is 1. The lowest BCUT2D eigenvalue weighted by atomic mass is 10.1. The number of alkyl halides is 2. The first-order valence-electron chi connectivity index (χ1n) is 11.6. The van der Waals surface area contributed by atoms with Crippen LogP contribution in [0.25, 0.3) is 17.0 Å². The van der Waals surface area contributed by atoms with Gasteiger partial charge in [-0.2, -0.15) is 15.0 Å². The minimum absolute atomic E-state index is 0.0108. The number of likely N-dealkylation sites (tertiary alicyclic amines) is 1. The number of anilines is 2. The highest BCUT2D eigenvalue weighted by Crippen LogP contribution is 2.28. The number of hydrogen-bond acceptors (Lipinski definition) is 9. The van der Waals surface area contributed by atoms with Gasteiger partial charge in [-0.1, -0.05) is 12.1 Å². The summed E-state index contributed by atoms with van der Waals surface area (Å²) in [7, 11) is 0. The molecule has 2 aromatic heterocycles. The van der Waals surface area contributed by atoms with Gasteiger partial charge in [0, 0.05) is 32.2 Å². The van der Waals surface area contributed by atoms with Gasteiger partial charge in [0.25, 0.3) is 6.43 Å². The molecular formula is C22H27F2N9O2. The van der Waals surface area contributed by atoms with E-state index in [1.807, 2.05) is 4.90 Å². The van der Waals surface area contributed by atoms with Crippen molar-refractivity contribution in [2.24, 2.45) is 5.73 Å². The Bertz CT molecular complexity index is 1190. The van der Waals surface area contributed by atoms with Crippen LogP contribution in [0.4, 0.5) is 20.7 Å². The minimum atomic E-state index is -2.81. The van der Waals surface area contributed by atoms with Crippen LogP contribution in [0, 0.1) is 0 Å². The molecule has 13 heteroatoms. The normalized spacial score (nSPS) is 17.4. The van der Waals surface area contributed by atoms with Gasteiger partial charge >= 0.3 is 0 Å². The molecule has 4 heterocycles. The Morgan fingerprint density at radius 3 is 2.49 bits per heavy atom. The number of halogens is 2. The first kappa shape index (κ1) is 23.3. The number of carbonyl (C=O) groups excluding carboxylic acids is 1. The third-order valence-corrected chi connectivity index (χ3v) is 6.24. The summed E-state index contributed by atoms with van der Waals surface area (Å²) < 4.78 is 34.7. The summed E-state index contributed by atoms with van der Waals surface area (Å²) in [4.78, 5) is 33.4. The SMILES string of the molecule is NCC(=O)N1CCC(Nc2nc(N3CCOCC3)nc(-n3c(C(F)F)nc4ccccc43)n2)CC1. The Morgan fingerprint density at radius 1 is 1.06 bits per heavy atom. The number of piperidine rings is 1. The van der Waals surface area contributed by atoms with E-state index in [1.165, 1.54) is 4.57 Å². The number of imidazole rings is 1. The molecule has 0 bridgehead atoms. The van der Waals surface area contributed by atoms with E-state index in [0.717, 1.165) is 0 Å². The molecule has 1 amide bonds. The van der Waals surface area contributed by atoms with E-state index >= 15 is 0 Å². The standard InChI is InChI=1S/C22H27F2N9O2/c23-18(24)19-27-15-3-1-2-4-16(15)33(19)22-29-20(28-21(30-22)32-9-11-35-12-10-32)26-14-5-7-31(8-6-14)17(34)13-25/h1-4,14,18H,5-13,25H2,(H,26,28,29,30). The molecule has 2 aliphatic heterocycles. The average Bonchev–Trinajstić information content (AvgIpc) is 3.29. The van der Waals surface area contributed by atoms with E-state index in [9.17, 15) is 13.6 Å². The Labute approximate surface area is 200 Å². The van der Waals surface area contributed by atoms with Crippen molar-refractivity contribution in [3.63, 3.8) is 0 Å². The fraction of sp³-hybridized carbons (Fsp3) is 0.500. The topological polar surface area (TPSA) is 127 Å². The number of rotatable bonds is 6. The highest BCUT2D eigenvalue weighted by Gasteiger charge is 2.26. The van der Waals surface area contributed by atoms with Crippen LogP contribution in [0.5, 0.6) is 0 Å². The van der Waals surface area contributed by atoms with Crippen LogP contribution in [-0.2, 0) is 9.53 Å². The van der Waals surface area contributed by atoms with Gasteiger partial charge in [0.2, 0.25) is 23.8 Å². The maximum Gasteiger partial charge on any atom is 0.296 e. The third-order valence-electron chi connectivity index (χ3n) is 6.24. The first-order chi connectivity index (χ1) is 17.0. The van der Waals surface area contributed by atoms with Gasteiger partial charge in [-0.05, 0) is 25.0 Å². The summed E-state index contributed by atoms with van der Waals surface area (Å²) in [6.45, 7) is 3.33. The molecule has 186 valence electrons. The molecule has 3 N–H and O–H groups in total. The van der Waals surface area contributed by atoms with Crippen LogP contribution in [0.3, 0.4) is 0 Å². The van der Waals surface area contributed by atoms with Crippen molar-refractivity contribution >= 4 is 28.8 Å².